The molecule has 1 unspecified atom stereocenters. The Hall–Kier alpha value is -2.63. The van der Waals surface area contributed by atoms with E-state index in [9.17, 15) is 9.59 Å². The Kier molecular flexibility index (Phi) is 4.97. The standard InChI is InChI=1S/C21H26N4O2/c1-2-20(26)23-12-9-16(10-13-23)21(27)25-11-5-6-17(25)14-24-15-22-18-7-3-4-8-19(18)24/h2-4,7-8,15-17H,1,5-6,9-14H2. The van der Waals surface area contributed by atoms with Gasteiger partial charge in [0.1, 0.15) is 0 Å². The molecule has 0 N–H and O–H groups in total. The maximum absolute atomic E-state index is 13.1. The van der Waals surface area contributed by atoms with Crippen LogP contribution in [0, 0.1) is 5.92 Å². The first-order valence-electron chi connectivity index (χ1n) is 9.79. The van der Waals surface area contributed by atoms with Crippen LogP contribution in [0.1, 0.15) is 25.7 Å². The lowest BCUT2D eigenvalue weighted by atomic mass is 9.95. The number of para-hydroxylation sites is 2. The van der Waals surface area contributed by atoms with Gasteiger partial charge in [-0.2, -0.15) is 0 Å². The van der Waals surface area contributed by atoms with E-state index in [1.807, 2.05) is 24.5 Å². The Bertz CT molecular complexity index is 851. The molecule has 6 nitrogen and oxygen atoms in total. The Balaban J connectivity index is 1.42. The summed E-state index contributed by atoms with van der Waals surface area (Å²) >= 11 is 0. The number of imidazole rings is 1. The third kappa shape index (κ3) is 3.48. The maximum Gasteiger partial charge on any atom is 0.245 e. The zero-order chi connectivity index (χ0) is 18.8. The third-order valence-electron chi connectivity index (χ3n) is 5.93. The molecule has 1 aromatic heterocycles. The zero-order valence-electron chi connectivity index (χ0n) is 15.6. The van der Waals surface area contributed by atoms with Gasteiger partial charge in [0.05, 0.1) is 17.4 Å². The van der Waals surface area contributed by atoms with Gasteiger partial charge < -0.3 is 14.4 Å². The molecule has 2 aliphatic heterocycles. The van der Waals surface area contributed by atoms with E-state index in [1.165, 1.54) is 6.08 Å². The number of aromatic nitrogens is 2. The van der Waals surface area contributed by atoms with E-state index in [0.29, 0.717) is 13.1 Å². The van der Waals surface area contributed by atoms with Gasteiger partial charge in [0.25, 0.3) is 0 Å². The molecule has 0 aliphatic carbocycles. The molecule has 1 atom stereocenters. The smallest absolute Gasteiger partial charge is 0.245 e. The second-order valence-electron chi connectivity index (χ2n) is 7.52. The van der Waals surface area contributed by atoms with Crippen LogP contribution in [0.2, 0.25) is 0 Å². The van der Waals surface area contributed by atoms with Crippen molar-refractivity contribution in [3.63, 3.8) is 0 Å². The predicted octanol–water partition coefficient (Wildman–Crippen LogP) is 2.45. The third-order valence-corrected chi connectivity index (χ3v) is 5.93. The molecule has 142 valence electrons. The van der Waals surface area contributed by atoms with Gasteiger partial charge in [0, 0.05) is 38.1 Å². The van der Waals surface area contributed by atoms with Crippen molar-refractivity contribution in [2.75, 3.05) is 19.6 Å². The van der Waals surface area contributed by atoms with Gasteiger partial charge >= 0.3 is 0 Å². The van der Waals surface area contributed by atoms with Gasteiger partial charge in [-0.3, -0.25) is 9.59 Å². The molecule has 0 spiro atoms. The second kappa shape index (κ2) is 7.55. The van der Waals surface area contributed by atoms with E-state index >= 15 is 0 Å². The number of rotatable bonds is 4. The number of hydrogen-bond acceptors (Lipinski definition) is 3. The van der Waals surface area contributed by atoms with E-state index in [1.54, 1.807) is 4.90 Å². The van der Waals surface area contributed by atoms with Crippen molar-refractivity contribution >= 4 is 22.8 Å². The molecule has 2 amide bonds. The monoisotopic (exact) mass is 366 g/mol. The van der Waals surface area contributed by atoms with Gasteiger partial charge in [-0.15, -0.1) is 0 Å². The number of piperidine rings is 1. The quantitative estimate of drug-likeness (QED) is 0.781. The highest BCUT2D eigenvalue weighted by molar-refractivity contribution is 5.87. The molecule has 2 fully saturated rings. The van der Waals surface area contributed by atoms with Crippen molar-refractivity contribution in [3.8, 4) is 0 Å². The Morgan fingerprint density at radius 2 is 1.93 bits per heavy atom. The van der Waals surface area contributed by atoms with Gasteiger partial charge in [-0.25, -0.2) is 4.98 Å². The van der Waals surface area contributed by atoms with Crippen LogP contribution in [-0.2, 0) is 16.1 Å². The summed E-state index contributed by atoms with van der Waals surface area (Å²) in [6.07, 6.45) is 6.81. The fourth-order valence-corrected chi connectivity index (χ4v) is 4.41. The minimum atomic E-state index is -0.0352. The van der Waals surface area contributed by atoms with Crippen LogP contribution < -0.4 is 0 Å². The lowest BCUT2D eigenvalue weighted by Gasteiger charge is -2.34. The lowest BCUT2D eigenvalue weighted by Crippen LogP contribution is -2.46. The highest BCUT2D eigenvalue weighted by Crippen LogP contribution is 2.27. The van der Waals surface area contributed by atoms with Crippen molar-refractivity contribution in [2.24, 2.45) is 5.92 Å². The van der Waals surface area contributed by atoms with Gasteiger partial charge in [-0.1, -0.05) is 18.7 Å². The minimum absolute atomic E-state index is 0.0268. The predicted molar refractivity (Wildman–Crippen MR) is 104 cm³/mol. The number of amides is 2. The molecule has 1 aromatic carbocycles. The van der Waals surface area contributed by atoms with E-state index in [4.69, 9.17) is 0 Å². The number of hydrogen-bond donors (Lipinski definition) is 0. The number of nitrogens with zero attached hydrogens (tertiary/aromatic N) is 4. The first-order valence-corrected chi connectivity index (χ1v) is 9.79. The maximum atomic E-state index is 13.1. The minimum Gasteiger partial charge on any atom is -0.339 e. The Labute approximate surface area is 159 Å². The van der Waals surface area contributed by atoms with E-state index < -0.39 is 0 Å². The molecule has 27 heavy (non-hydrogen) atoms. The summed E-state index contributed by atoms with van der Waals surface area (Å²) in [7, 11) is 0. The highest BCUT2D eigenvalue weighted by atomic mass is 16.2. The number of benzene rings is 1. The molecule has 2 aromatic rings. The van der Waals surface area contributed by atoms with Crippen LogP contribution in [0.3, 0.4) is 0 Å². The van der Waals surface area contributed by atoms with Crippen molar-refractivity contribution in [2.45, 2.75) is 38.3 Å². The topological polar surface area (TPSA) is 58.4 Å². The number of likely N-dealkylation sites (tertiary alicyclic amines) is 2. The molecular formula is C21H26N4O2. The first kappa shape index (κ1) is 17.8. The summed E-state index contributed by atoms with van der Waals surface area (Å²) < 4.78 is 2.16. The highest BCUT2D eigenvalue weighted by Gasteiger charge is 2.35. The number of carbonyl (C=O) groups excluding carboxylic acids is 2. The molecule has 2 aliphatic rings. The van der Waals surface area contributed by atoms with Gasteiger partial charge in [0.15, 0.2) is 0 Å². The molecule has 3 heterocycles. The van der Waals surface area contributed by atoms with Crippen molar-refractivity contribution < 1.29 is 9.59 Å². The van der Waals surface area contributed by atoms with Crippen LogP contribution in [0.25, 0.3) is 11.0 Å². The average molecular weight is 366 g/mol. The van der Waals surface area contributed by atoms with Crippen molar-refractivity contribution in [1.29, 1.82) is 0 Å². The molecule has 0 radical (unpaired) electrons. The Morgan fingerprint density at radius 3 is 2.70 bits per heavy atom. The van der Waals surface area contributed by atoms with E-state index in [-0.39, 0.29) is 23.8 Å². The van der Waals surface area contributed by atoms with Crippen LogP contribution in [-0.4, -0.2) is 56.8 Å². The van der Waals surface area contributed by atoms with Crippen LogP contribution in [0.15, 0.2) is 43.2 Å². The largest absolute Gasteiger partial charge is 0.339 e. The molecule has 2 saturated heterocycles. The Morgan fingerprint density at radius 1 is 1.15 bits per heavy atom. The second-order valence-corrected chi connectivity index (χ2v) is 7.52. The summed E-state index contributed by atoms with van der Waals surface area (Å²) in [6, 6.07) is 8.34. The molecule has 0 bridgehead atoms. The zero-order valence-corrected chi connectivity index (χ0v) is 15.6. The van der Waals surface area contributed by atoms with Crippen molar-refractivity contribution in [1.82, 2.24) is 19.4 Å². The van der Waals surface area contributed by atoms with Gasteiger partial charge in [-0.05, 0) is 43.9 Å². The molecular weight excluding hydrogens is 340 g/mol. The van der Waals surface area contributed by atoms with Crippen molar-refractivity contribution in [3.05, 3.63) is 43.2 Å². The van der Waals surface area contributed by atoms with E-state index in [2.05, 4.69) is 27.1 Å². The van der Waals surface area contributed by atoms with Crippen LogP contribution in [0.5, 0.6) is 0 Å². The van der Waals surface area contributed by atoms with Crippen LogP contribution >= 0.6 is 0 Å². The lowest BCUT2D eigenvalue weighted by molar-refractivity contribution is -0.140. The van der Waals surface area contributed by atoms with Gasteiger partial charge in [0.2, 0.25) is 11.8 Å². The molecule has 4 rings (SSSR count). The summed E-state index contributed by atoms with van der Waals surface area (Å²) in [4.78, 5) is 33.2. The summed E-state index contributed by atoms with van der Waals surface area (Å²) in [5, 5.41) is 0. The molecule has 0 saturated carbocycles. The number of carbonyl (C=O) groups is 2. The first-order chi connectivity index (χ1) is 13.2. The number of fused-ring (bicyclic) bond motifs is 1. The summed E-state index contributed by atoms with van der Waals surface area (Å²) in [5.41, 5.74) is 2.11. The average Bonchev–Trinajstić information content (AvgIpc) is 3.35. The summed E-state index contributed by atoms with van der Waals surface area (Å²) in [5.74, 6) is 0.249. The SMILES string of the molecule is C=CC(=O)N1CCC(C(=O)N2CCCC2Cn2cnc3ccccc32)CC1. The normalized spacial score (nSPS) is 21.0. The molecule has 6 heteroatoms. The van der Waals surface area contributed by atoms with E-state index in [0.717, 1.165) is 49.8 Å². The summed E-state index contributed by atoms with van der Waals surface area (Å²) in [6.45, 7) is 6.46. The van der Waals surface area contributed by atoms with Crippen LogP contribution in [0.4, 0.5) is 0 Å². The fraction of sp³-hybridized carbons (Fsp3) is 0.476. The fourth-order valence-electron chi connectivity index (χ4n) is 4.41.